The summed E-state index contributed by atoms with van der Waals surface area (Å²) in [7, 11) is 1.73. The molecule has 1 aromatic heterocycles. The van der Waals surface area contributed by atoms with Crippen LogP contribution in [0.2, 0.25) is 0 Å². The van der Waals surface area contributed by atoms with Crippen molar-refractivity contribution in [2.45, 2.75) is 50.7 Å². The van der Waals surface area contributed by atoms with Gasteiger partial charge in [0, 0.05) is 24.8 Å². The molecule has 1 aliphatic heterocycles. The molecule has 0 saturated heterocycles. The van der Waals surface area contributed by atoms with Crippen LogP contribution in [-0.4, -0.2) is 38.9 Å². The molecule has 2 aromatic rings. The molecule has 1 aliphatic carbocycles. The Morgan fingerprint density at radius 3 is 2.85 bits per heavy atom. The monoisotopic (exact) mass is 372 g/mol. The van der Waals surface area contributed by atoms with Crippen LogP contribution in [0.25, 0.3) is 0 Å². The zero-order chi connectivity index (χ0) is 19.8. The van der Waals surface area contributed by atoms with Crippen molar-refractivity contribution in [2.24, 2.45) is 7.05 Å². The molecular formula is C20H28N4O3. The minimum atomic E-state index is -0.877. The molecule has 0 amide bonds. The lowest BCUT2D eigenvalue weighted by Gasteiger charge is -2.32. The number of nitrogen functional groups attached to an aromatic ring is 1. The molecule has 0 fully saturated rings. The lowest BCUT2D eigenvalue weighted by Crippen LogP contribution is -2.32. The minimum Gasteiger partial charge on any atom is -0.390 e. The third-order valence-electron chi connectivity index (χ3n) is 5.64. The van der Waals surface area contributed by atoms with Crippen molar-refractivity contribution in [1.82, 2.24) is 9.78 Å². The highest BCUT2D eigenvalue weighted by Crippen LogP contribution is 2.37. The summed E-state index contributed by atoms with van der Waals surface area (Å²) in [5.74, 6) is 0.446. The van der Waals surface area contributed by atoms with Crippen molar-refractivity contribution in [3.8, 4) is 0 Å². The number of fused-ring (bicyclic) bond motifs is 2. The quantitative estimate of drug-likeness (QED) is 0.566. The molecule has 3 atom stereocenters. The van der Waals surface area contributed by atoms with Gasteiger partial charge in [-0.3, -0.25) is 4.68 Å². The highest BCUT2D eigenvalue weighted by Gasteiger charge is 2.32. The number of aliphatic hydroxyl groups excluding tert-OH is 2. The number of anilines is 2. The lowest BCUT2D eigenvalue weighted by atomic mass is 9.77. The van der Waals surface area contributed by atoms with E-state index in [0.717, 1.165) is 36.2 Å². The van der Waals surface area contributed by atoms with Crippen LogP contribution < -0.4 is 11.1 Å². The number of hydrogen-bond acceptors (Lipinski definition) is 6. The average molecular weight is 372 g/mol. The summed E-state index contributed by atoms with van der Waals surface area (Å²) in [5.41, 5.74) is 10.3. The molecule has 3 unspecified atom stereocenters. The molecule has 4 rings (SSSR count). The maximum absolute atomic E-state index is 11.1. The molecule has 146 valence electrons. The molecule has 2 heterocycles. The van der Waals surface area contributed by atoms with Gasteiger partial charge in [0.1, 0.15) is 18.2 Å². The third-order valence-corrected chi connectivity index (χ3v) is 5.64. The van der Waals surface area contributed by atoms with Crippen LogP contribution in [0.15, 0.2) is 18.2 Å². The summed E-state index contributed by atoms with van der Waals surface area (Å²) >= 11 is 0. The van der Waals surface area contributed by atoms with E-state index in [2.05, 4.69) is 23.4 Å². The average Bonchev–Trinajstić information content (AvgIpc) is 2.95. The first-order valence-corrected chi connectivity index (χ1v) is 9.26. The van der Waals surface area contributed by atoms with E-state index in [-0.39, 0.29) is 5.41 Å². The molecule has 27 heavy (non-hydrogen) atoms. The van der Waals surface area contributed by atoms with Crippen LogP contribution in [0.4, 0.5) is 11.5 Å². The summed E-state index contributed by atoms with van der Waals surface area (Å²) < 4.78 is 1.53. The van der Waals surface area contributed by atoms with E-state index in [1.54, 1.807) is 7.05 Å². The zero-order valence-electron chi connectivity index (χ0n) is 16.1. The van der Waals surface area contributed by atoms with Gasteiger partial charge in [-0.25, -0.2) is 0 Å². The first-order valence-electron chi connectivity index (χ1n) is 9.26. The Balaban J connectivity index is 0.000000156. The number of para-hydroxylation sites is 1. The van der Waals surface area contributed by atoms with E-state index in [0.29, 0.717) is 24.2 Å². The number of aryl methyl sites for hydroxylation is 3. The number of carbonyl (C=O) groups is 1. The molecule has 1 aromatic carbocycles. The summed E-state index contributed by atoms with van der Waals surface area (Å²) in [4.78, 5) is 11.1. The SMILES string of the molecule is Cc1cccc2c1NCCC2(C)C=O.Cn1nc2c(c1N)C(O)C(O)CC2. The predicted octanol–water partition coefficient (Wildman–Crippen LogP) is 1.61. The second-order valence-electron chi connectivity index (χ2n) is 7.63. The van der Waals surface area contributed by atoms with Gasteiger partial charge in [0.15, 0.2) is 0 Å². The third kappa shape index (κ3) is 3.44. The molecule has 0 saturated carbocycles. The van der Waals surface area contributed by atoms with Crippen LogP contribution in [0.5, 0.6) is 0 Å². The van der Waals surface area contributed by atoms with Crippen LogP contribution >= 0.6 is 0 Å². The Kier molecular flexibility index (Phi) is 5.26. The molecular weight excluding hydrogens is 344 g/mol. The Morgan fingerprint density at radius 1 is 1.41 bits per heavy atom. The number of nitrogens with one attached hydrogen (secondary N) is 1. The lowest BCUT2D eigenvalue weighted by molar-refractivity contribution is -0.112. The zero-order valence-corrected chi connectivity index (χ0v) is 16.1. The fourth-order valence-corrected chi connectivity index (χ4v) is 3.84. The van der Waals surface area contributed by atoms with Gasteiger partial charge >= 0.3 is 0 Å². The van der Waals surface area contributed by atoms with Crippen molar-refractivity contribution in [3.05, 3.63) is 40.6 Å². The molecule has 2 aliphatic rings. The maximum Gasteiger partial charge on any atom is 0.130 e. The topological polar surface area (TPSA) is 113 Å². The number of hydrogen-bond donors (Lipinski definition) is 4. The minimum absolute atomic E-state index is 0.299. The molecule has 7 heteroatoms. The summed E-state index contributed by atoms with van der Waals surface area (Å²) in [5, 5.41) is 26.6. The Hall–Kier alpha value is -2.38. The summed E-state index contributed by atoms with van der Waals surface area (Å²) in [6.07, 6.45) is 1.60. The van der Waals surface area contributed by atoms with Gasteiger partial charge in [0.2, 0.25) is 0 Å². The molecule has 5 N–H and O–H groups in total. The highest BCUT2D eigenvalue weighted by molar-refractivity contribution is 5.76. The summed E-state index contributed by atoms with van der Waals surface area (Å²) in [6.45, 7) is 4.97. The van der Waals surface area contributed by atoms with E-state index in [9.17, 15) is 15.0 Å². The van der Waals surface area contributed by atoms with E-state index < -0.39 is 12.2 Å². The van der Waals surface area contributed by atoms with Crippen molar-refractivity contribution in [1.29, 1.82) is 0 Å². The van der Waals surface area contributed by atoms with Gasteiger partial charge in [-0.15, -0.1) is 0 Å². The van der Waals surface area contributed by atoms with Gasteiger partial charge in [-0.1, -0.05) is 18.2 Å². The fraction of sp³-hybridized carbons (Fsp3) is 0.500. The van der Waals surface area contributed by atoms with Crippen LogP contribution in [0.3, 0.4) is 0 Å². The number of nitrogens with two attached hydrogens (primary N) is 1. The molecule has 0 radical (unpaired) electrons. The smallest absolute Gasteiger partial charge is 0.130 e. The molecule has 0 spiro atoms. The number of aromatic nitrogens is 2. The summed E-state index contributed by atoms with van der Waals surface area (Å²) in [6, 6.07) is 6.13. The Labute approximate surface area is 159 Å². The normalized spacial score (nSPS) is 26.1. The molecule has 7 nitrogen and oxygen atoms in total. The largest absolute Gasteiger partial charge is 0.390 e. The molecule has 0 bridgehead atoms. The van der Waals surface area contributed by atoms with E-state index in [1.807, 2.05) is 19.1 Å². The standard InChI is InChI=1S/C12H15NO.C8H13N3O2/c1-9-4-3-5-10-11(9)13-7-6-12(10,2)8-14;1-11-8(9)6-4(10-11)2-3-5(12)7(6)13/h3-5,8,13H,6-7H2,1-2H3;5,7,12-13H,2-3,9H2,1H3. The van der Waals surface area contributed by atoms with Gasteiger partial charge < -0.3 is 26.1 Å². The van der Waals surface area contributed by atoms with Gasteiger partial charge in [-0.05, 0) is 44.2 Å². The maximum atomic E-state index is 11.1. The van der Waals surface area contributed by atoms with Crippen LogP contribution in [0, 0.1) is 6.92 Å². The van der Waals surface area contributed by atoms with Gasteiger partial charge in [0.25, 0.3) is 0 Å². The first-order chi connectivity index (χ1) is 12.8. The Bertz CT molecular complexity index is 848. The van der Waals surface area contributed by atoms with Crippen molar-refractivity contribution in [2.75, 3.05) is 17.6 Å². The fourth-order valence-electron chi connectivity index (χ4n) is 3.84. The second-order valence-corrected chi connectivity index (χ2v) is 7.63. The second kappa shape index (κ2) is 7.32. The number of benzene rings is 1. The van der Waals surface area contributed by atoms with Crippen molar-refractivity contribution < 1.29 is 15.0 Å². The van der Waals surface area contributed by atoms with Crippen molar-refractivity contribution in [3.63, 3.8) is 0 Å². The van der Waals surface area contributed by atoms with Crippen molar-refractivity contribution >= 4 is 17.8 Å². The van der Waals surface area contributed by atoms with Crippen LogP contribution in [-0.2, 0) is 23.7 Å². The Morgan fingerprint density at radius 2 is 2.15 bits per heavy atom. The highest BCUT2D eigenvalue weighted by atomic mass is 16.3. The van der Waals surface area contributed by atoms with E-state index in [4.69, 9.17) is 5.73 Å². The first kappa shape index (κ1) is 19.4. The van der Waals surface area contributed by atoms with Gasteiger partial charge in [0.05, 0.1) is 17.2 Å². The van der Waals surface area contributed by atoms with E-state index in [1.165, 1.54) is 10.2 Å². The van der Waals surface area contributed by atoms with Crippen LogP contribution in [0.1, 0.15) is 48.3 Å². The van der Waals surface area contributed by atoms with E-state index >= 15 is 0 Å². The number of nitrogens with zero attached hydrogens (tertiary/aromatic N) is 2. The number of rotatable bonds is 1. The number of aliphatic hydroxyl groups is 2. The number of aldehydes is 1. The predicted molar refractivity (Wildman–Crippen MR) is 105 cm³/mol. The van der Waals surface area contributed by atoms with Gasteiger partial charge in [-0.2, -0.15) is 5.10 Å². The number of carbonyl (C=O) groups excluding carboxylic acids is 1.